The number of aldehydes is 1. The van der Waals surface area contributed by atoms with Crippen LogP contribution in [0, 0.1) is 0 Å². The summed E-state index contributed by atoms with van der Waals surface area (Å²) in [6.45, 7) is 0. The molecule has 0 atom stereocenters. The Bertz CT molecular complexity index is 643. The van der Waals surface area contributed by atoms with E-state index >= 15 is 0 Å². The first-order chi connectivity index (χ1) is 8.04. The number of anilines is 1. The standard InChI is InChI=1S/C12H11NO4/c1-13(2)7-3-4-8-10(5-7)17-12(16)9(6-14)11(8)15/h3-6,15H,1-2H3. The van der Waals surface area contributed by atoms with Crippen LogP contribution in [0.1, 0.15) is 10.4 Å². The van der Waals surface area contributed by atoms with Gasteiger partial charge in [-0.3, -0.25) is 4.79 Å². The van der Waals surface area contributed by atoms with Crippen molar-refractivity contribution in [3.8, 4) is 5.75 Å². The van der Waals surface area contributed by atoms with Gasteiger partial charge in [-0.2, -0.15) is 0 Å². The molecule has 0 fully saturated rings. The second kappa shape index (κ2) is 3.93. The molecular weight excluding hydrogens is 222 g/mol. The van der Waals surface area contributed by atoms with Crippen LogP contribution in [0.2, 0.25) is 0 Å². The van der Waals surface area contributed by atoms with E-state index < -0.39 is 5.63 Å². The molecular formula is C12H11NO4. The molecule has 0 aliphatic carbocycles. The topological polar surface area (TPSA) is 70.8 Å². The second-order valence-corrected chi connectivity index (χ2v) is 3.84. The van der Waals surface area contributed by atoms with Gasteiger partial charge in [0.05, 0.1) is 5.39 Å². The molecule has 0 unspecified atom stereocenters. The van der Waals surface area contributed by atoms with E-state index in [-0.39, 0.29) is 16.9 Å². The summed E-state index contributed by atoms with van der Waals surface area (Å²) in [5.41, 5.74) is -0.0980. The highest BCUT2D eigenvalue weighted by molar-refractivity contribution is 5.93. The summed E-state index contributed by atoms with van der Waals surface area (Å²) in [6.07, 6.45) is 0.292. The molecule has 2 rings (SSSR count). The third-order valence-corrected chi connectivity index (χ3v) is 2.53. The molecule has 0 bridgehead atoms. The number of rotatable bonds is 2. The maximum atomic E-state index is 11.4. The average molecular weight is 233 g/mol. The quantitative estimate of drug-likeness (QED) is 0.626. The molecule has 88 valence electrons. The highest BCUT2D eigenvalue weighted by Gasteiger charge is 2.13. The molecule has 1 aromatic carbocycles. The minimum atomic E-state index is -0.832. The molecule has 5 nitrogen and oxygen atoms in total. The van der Waals surface area contributed by atoms with Crippen LogP contribution < -0.4 is 10.5 Å². The summed E-state index contributed by atoms with van der Waals surface area (Å²) in [7, 11) is 3.69. The molecule has 0 saturated carbocycles. The van der Waals surface area contributed by atoms with Crippen LogP contribution in [0.5, 0.6) is 5.75 Å². The lowest BCUT2D eigenvalue weighted by Crippen LogP contribution is -2.09. The summed E-state index contributed by atoms with van der Waals surface area (Å²) in [6, 6.07) is 5.00. The molecule has 0 aliphatic heterocycles. The number of fused-ring (bicyclic) bond motifs is 1. The van der Waals surface area contributed by atoms with Gasteiger partial charge >= 0.3 is 5.63 Å². The van der Waals surface area contributed by atoms with Gasteiger partial charge in [-0.05, 0) is 12.1 Å². The molecule has 5 heteroatoms. The Balaban J connectivity index is 2.82. The zero-order valence-corrected chi connectivity index (χ0v) is 9.43. The van der Waals surface area contributed by atoms with E-state index in [9.17, 15) is 14.7 Å². The fraction of sp³-hybridized carbons (Fsp3) is 0.167. The number of benzene rings is 1. The summed E-state index contributed by atoms with van der Waals surface area (Å²) in [5.74, 6) is -0.337. The Kier molecular flexibility index (Phi) is 2.59. The van der Waals surface area contributed by atoms with Crippen molar-refractivity contribution in [2.45, 2.75) is 0 Å². The molecule has 2 aromatic rings. The normalized spacial score (nSPS) is 10.5. The van der Waals surface area contributed by atoms with Crippen molar-refractivity contribution >= 4 is 22.9 Å². The third kappa shape index (κ3) is 1.75. The molecule has 0 amide bonds. The Morgan fingerprint density at radius 3 is 2.65 bits per heavy atom. The van der Waals surface area contributed by atoms with Crippen LogP contribution in [0.3, 0.4) is 0 Å². The third-order valence-electron chi connectivity index (χ3n) is 2.53. The lowest BCUT2D eigenvalue weighted by molar-refractivity contribution is 0.111. The Hall–Kier alpha value is -2.30. The maximum Gasteiger partial charge on any atom is 0.350 e. The number of aromatic hydroxyl groups is 1. The molecule has 1 N–H and O–H groups in total. The molecule has 0 aliphatic rings. The smallest absolute Gasteiger partial charge is 0.350 e. The van der Waals surface area contributed by atoms with Crippen molar-refractivity contribution in [3.63, 3.8) is 0 Å². The zero-order chi connectivity index (χ0) is 12.6. The second-order valence-electron chi connectivity index (χ2n) is 3.84. The molecule has 1 aromatic heterocycles. The highest BCUT2D eigenvalue weighted by atomic mass is 16.4. The van der Waals surface area contributed by atoms with Crippen LogP contribution in [-0.2, 0) is 0 Å². The minimum absolute atomic E-state index is 0.254. The van der Waals surface area contributed by atoms with E-state index in [0.29, 0.717) is 11.7 Å². The molecule has 0 radical (unpaired) electrons. The van der Waals surface area contributed by atoms with E-state index in [1.165, 1.54) is 0 Å². The van der Waals surface area contributed by atoms with E-state index in [4.69, 9.17) is 4.42 Å². The van der Waals surface area contributed by atoms with Gasteiger partial charge in [0.25, 0.3) is 0 Å². The van der Waals surface area contributed by atoms with Gasteiger partial charge in [0.1, 0.15) is 16.9 Å². The van der Waals surface area contributed by atoms with Crippen molar-refractivity contribution in [3.05, 3.63) is 34.2 Å². The Labute approximate surface area is 96.9 Å². The number of hydrogen-bond acceptors (Lipinski definition) is 5. The average Bonchev–Trinajstić information content (AvgIpc) is 2.28. The number of hydrogen-bond donors (Lipinski definition) is 1. The van der Waals surface area contributed by atoms with Gasteiger partial charge in [0.2, 0.25) is 0 Å². The highest BCUT2D eigenvalue weighted by Crippen LogP contribution is 2.28. The number of carbonyl (C=O) groups is 1. The van der Waals surface area contributed by atoms with Gasteiger partial charge in [-0.1, -0.05) is 0 Å². The maximum absolute atomic E-state index is 11.4. The van der Waals surface area contributed by atoms with Gasteiger partial charge in [-0.15, -0.1) is 0 Å². The van der Waals surface area contributed by atoms with Gasteiger partial charge in [0.15, 0.2) is 6.29 Å². The number of nitrogens with zero attached hydrogens (tertiary/aromatic N) is 1. The summed E-state index contributed by atoms with van der Waals surface area (Å²) >= 11 is 0. The van der Waals surface area contributed by atoms with Crippen molar-refractivity contribution in [1.82, 2.24) is 0 Å². The Morgan fingerprint density at radius 1 is 1.35 bits per heavy atom. The van der Waals surface area contributed by atoms with Crippen molar-refractivity contribution in [1.29, 1.82) is 0 Å². The van der Waals surface area contributed by atoms with Crippen molar-refractivity contribution < 1.29 is 14.3 Å². The lowest BCUT2D eigenvalue weighted by Gasteiger charge is -2.12. The first-order valence-electron chi connectivity index (χ1n) is 4.97. The van der Waals surface area contributed by atoms with E-state index in [0.717, 1.165) is 5.69 Å². The molecule has 1 heterocycles. The van der Waals surface area contributed by atoms with Crippen molar-refractivity contribution in [2.24, 2.45) is 0 Å². The molecule has 0 saturated heterocycles. The Morgan fingerprint density at radius 2 is 2.06 bits per heavy atom. The van der Waals surface area contributed by atoms with E-state index in [2.05, 4.69) is 0 Å². The molecule has 17 heavy (non-hydrogen) atoms. The van der Waals surface area contributed by atoms with Crippen LogP contribution in [0.15, 0.2) is 27.4 Å². The van der Waals surface area contributed by atoms with Crippen LogP contribution in [0.25, 0.3) is 11.0 Å². The minimum Gasteiger partial charge on any atom is -0.506 e. The predicted molar refractivity (Wildman–Crippen MR) is 63.9 cm³/mol. The van der Waals surface area contributed by atoms with E-state index in [1.54, 1.807) is 18.2 Å². The van der Waals surface area contributed by atoms with Crippen LogP contribution in [0.4, 0.5) is 5.69 Å². The fourth-order valence-electron chi connectivity index (χ4n) is 1.57. The zero-order valence-electron chi connectivity index (χ0n) is 9.43. The largest absolute Gasteiger partial charge is 0.506 e. The summed E-state index contributed by atoms with van der Waals surface area (Å²) in [4.78, 5) is 23.9. The summed E-state index contributed by atoms with van der Waals surface area (Å²) < 4.78 is 4.98. The molecule has 0 spiro atoms. The SMILES string of the molecule is CN(C)c1ccc2c(O)c(C=O)c(=O)oc2c1. The van der Waals surface area contributed by atoms with Crippen molar-refractivity contribution in [2.75, 3.05) is 19.0 Å². The van der Waals surface area contributed by atoms with Gasteiger partial charge < -0.3 is 14.4 Å². The monoisotopic (exact) mass is 233 g/mol. The van der Waals surface area contributed by atoms with E-state index in [1.807, 2.05) is 19.0 Å². The van der Waals surface area contributed by atoms with Gasteiger partial charge in [-0.25, -0.2) is 4.79 Å². The first-order valence-corrected chi connectivity index (χ1v) is 4.97. The number of carbonyl (C=O) groups excluding carboxylic acids is 1. The lowest BCUT2D eigenvalue weighted by atomic mass is 10.1. The van der Waals surface area contributed by atoms with Crippen LogP contribution in [-0.4, -0.2) is 25.5 Å². The van der Waals surface area contributed by atoms with Gasteiger partial charge in [0, 0.05) is 25.8 Å². The first kappa shape index (κ1) is 11.2. The fourth-order valence-corrected chi connectivity index (χ4v) is 1.57. The predicted octanol–water partition coefficient (Wildman–Crippen LogP) is 1.38. The van der Waals surface area contributed by atoms with Crippen LogP contribution >= 0.6 is 0 Å². The summed E-state index contributed by atoms with van der Waals surface area (Å²) in [5, 5.41) is 10.1.